The van der Waals surface area contributed by atoms with Crippen LogP contribution in [0.5, 0.6) is 0 Å². The number of nitrogens with one attached hydrogen (secondary N) is 2. The van der Waals surface area contributed by atoms with E-state index in [9.17, 15) is 13.2 Å². The monoisotopic (exact) mass is 389 g/mol. The van der Waals surface area contributed by atoms with Gasteiger partial charge in [0.1, 0.15) is 5.76 Å². The van der Waals surface area contributed by atoms with Crippen LogP contribution in [0.2, 0.25) is 0 Å². The first-order valence-corrected chi connectivity index (χ1v) is 9.19. The quantitative estimate of drug-likeness (QED) is 0.562. The molecule has 0 spiro atoms. The van der Waals surface area contributed by atoms with E-state index in [0.717, 1.165) is 46.6 Å². The van der Waals surface area contributed by atoms with Gasteiger partial charge in [0.15, 0.2) is 11.7 Å². The minimum atomic E-state index is -4.40. The van der Waals surface area contributed by atoms with E-state index in [1.54, 1.807) is 7.05 Å². The number of nitrogens with zero attached hydrogens (tertiary/aromatic N) is 3. The van der Waals surface area contributed by atoms with E-state index in [1.807, 2.05) is 13.8 Å². The third-order valence-corrected chi connectivity index (χ3v) is 4.65. The SMILES string of the molecule is CCc1noc(CC)c1CNC(=NC)NCCc1nc(C(F)(F)F)cs1. The topological polar surface area (TPSA) is 75.3 Å². The summed E-state index contributed by atoms with van der Waals surface area (Å²) in [5, 5.41) is 11.8. The van der Waals surface area contributed by atoms with Gasteiger partial charge in [0.25, 0.3) is 0 Å². The van der Waals surface area contributed by atoms with Crippen LogP contribution in [-0.2, 0) is 32.0 Å². The highest BCUT2D eigenvalue weighted by molar-refractivity contribution is 7.09. The lowest BCUT2D eigenvalue weighted by atomic mass is 10.1. The molecule has 0 aliphatic rings. The molecule has 10 heteroatoms. The van der Waals surface area contributed by atoms with Crippen molar-refractivity contribution in [3.63, 3.8) is 0 Å². The number of aliphatic imine (C=N–C) groups is 1. The molecule has 0 saturated heterocycles. The second-order valence-corrected chi connectivity index (χ2v) is 6.41. The maximum absolute atomic E-state index is 12.6. The van der Waals surface area contributed by atoms with Crippen molar-refractivity contribution < 1.29 is 17.7 Å². The number of alkyl halides is 3. The van der Waals surface area contributed by atoms with Gasteiger partial charge < -0.3 is 15.2 Å². The van der Waals surface area contributed by atoms with Gasteiger partial charge in [-0.3, -0.25) is 4.99 Å². The Kier molecular flexibility index (Phi) is 7.01. The molecule has 144 valence electrons. The first-order chi connectivity index (χ1) is 12.4. The Morgan fingerprint density at radius 1 is 1.27 bits per heavy atom. The fourth-order valence-corrected chi connectivity index (χ4v) is 3.18. The fraction of sp³-hybridized carbons (Fsp3) is 0.562. The Morgan fingerprint density at radius 2 is 2.04 bits per heavy atom. The number of hydrogen-bond donors (Lipinski definition) is 2. The van der Waals surface area contributed by atoms with Gasteiger partial charge in [-0.15, -0.1) is 11.3 Å². The molecule has 0 aliphatic heterocycles. The summed E-state index contributed by atoms with van der Waals surface area (Å²) in [5.41, 5.74) is 1.09. The average Bonchev–Trinajstić information content (AvgIpc) is 3.23. The summed E-state index contributed by atoms with van der Waals surface area (Å²) < 4.78 is 43.0. The summed E-state index contributed by atoms with van der Waals surface area (Å²) in [4.78, 5) is 7.73. The lowest BCUT2D eigenvalue weighted by Gasteiger charge is -2.11. The zero-order valence-corrected chi connectivity index (χ0v) is 15.7. The van der Waals surface area contributed by atoms with E-state index in [-0.39, 0.29) is 0 Å². The molecule has 0 aromatic carbocycles. The number of aromatic nitrogens is 2. The van der Waals surface area contributed by atoms with E-state index >= 15 is 0 Å². The van der Waals surface area contributed by atoms with Crippen molar-refractivity contribution in [2.45, 2.75) is 45.8 Å². The molecular formula is C16H22F3N5OS. The van der Waals surface area contributed by atoms with Crippen LogP contribution in [0, 0.1) is 0 Å². The standard InChI is InChI=1S/C16H22F3N5OS/c1-4-11-10(12(5-2)25-24-11)8-22-15(20-3)21-7-6-14-23-13(9-26-14)16(17,18)19/h9H,4-8H2,1-3H3,(H2,20,21,22). The minimum Gasteiger partial charge on any atom is -0.361 e. The summed E-state index contributed by atoms with van der Waals surface area (Å²) in [7, 11) is 1.63. The Bertz CT molecular complexity index is 717. The lowest BCUT2D eigenvalue weighted by Crippen LogP contribution is -2.38. The Balaban J connectivity index is 1.85. The third kappa shape index (κ3) is 5.20. The van der Waals surface area contributed by atoms with Crippen molar-refractivity contribution >= 4 is 17.3 Å². The molecule has 0 unspecified atom stereocenters. The highest BCUT2D eigenvalue weighted by atomic mass is 32.1. The molecule has 0 fully saturated rings. The van der Waals surface area contributed by atoms with Crippen molar-refractivity contribution in [2.75, 3.05) is 13.6 Å². The Labute approximate surface area is 153 Å². The van der Waals surface area contributed by atoms with Crippen molar-refractivity contribution in [3.8, 4) is 0 Å². The van der Waals surface area contributed by atoms with E-state index < -0.39 is 11.9 Å². The Hall–Kier alpha value is -2.10. The van der Waals surface area contributed by atoms with Gasteiger partial charge in [0.05, 0.1) is 10.7 Å². The second-order valence-electron chi connectivity index (χ2n) is 5.46. The number of thiazole rings is 1. The smallest absolute Gasteiger partial charge is 0.361 e. The van der Waals surface area contributed by atoms with E-state index in [1.165, 1.54) is 0 Å². The van der Waals surface area contributed by atoms with E-state index in [0.29, 0.717) is 30.5 Å². The molecule has 0 aliphatic carbocycles. The van der Waals surface area contributed by atoms with Gasteiger partial charge in [0.2, 0.25) is 0 Å². The predicted molar refractivity (Wildman–Crippen MR) is 94.3 cm³/mol. The number of halogens is 3. The lowest BCUT2D eigenvalue weighted by molar-refractivity contribution is -0.140. The molecule has 0 atom stereocenters. The molecule has 2 N–H and O–H groups in total. The highest BCUT2D eigenvalue weighted by Gasteiger charge is 2.33. The second kappa shape index (κ2) is 9.02. The fourth-order valence-electron chi connectivity index (χ4n) is 2.37. The number of aryl methyl sites for hydroxylation is 2. The minimum absolute atomic E-state index is 0.384. The van der Waals surface area contributed by atoms with Crippen molar-refractivity contribution in [3.05, 3.63) is 33.1 Å². The molecular weight excluding hydrogens is 367 g/mol. The molecule has 6 nitrogen and oxygen atoms in total. The van der Waals surface area contributed by atoms with Crippen molar-refractivity contribution in [2.24, 2.45) is 4.99 Å². The van der Waals surface area contributed by atoms with Crippen LogP contribution < -0.4 is 10.6 Å². The highest BCUT2D eigenvalue weighted by Crippen LogP contribution is 2.30. The molecule has 0 amide bonds. The maximum atomic E-state index is 12.6. The summed E-state index contributed by atoms with van der Waals surface area (Å²) in [6.07, 6.45) is -2.48. The first kappa shape index (κ1) is 20.2. The zero-order valence-electron chi connectivity index (χ0n) is 14.9. The van der Waals surface area contributed by atoms with Crippen LogP contribution in [0.1, 0.15) is 41.6 Å². The molecule has 26 heavy (non-hydrogen) atoms. The average molecular weight is 389 g/mol. The predicted octanol–water partition coefficient (Wildman–Crippen LogP) is 3.18. The Morgan fingerprint density at radius 3 is 2.62 bits per heavy atom. The molecule has 0 saturated carbocycles. The number of guanidine groups is 1. The molecule has 0 bridgehead atoms. The summed E-state index contributed by atoms with van der Waals surface area (Å²) in [6.45, 7) is 4.96. The van der Waals surface area contributed by atoms with Crippen LogP contribution in [0.3, 0.4) is 0 Å². The van der Waals surface area contributed by atoms with Gasteiger partial charge >= 0.3 is 6.18 Å². The summed E-state index contributed by atoms with van der Waals surface area (Å²) in [5.74, 6) is 1.40. The molecule has 2 aromatic rings. The van der Waals surface area contributed by atoms with Crippen molar-refractivity contribution in [1.82, 2.24) is 20.8 Å². The van der Waals surface area contributed by atoms with Gasteiger partial charge in [-0.05, 0) is 6.42 Å². The normalized spacial score (nSPS) is 12.5. The van der Waals surface area contributed by atoms with Crippen LogP contribution in [-0.4, -0.2) is 29.7 Å². The van der Waals surface area contributed by atoms with Gasteiger partial charge in [-0.2, -0.15) is 13.2 Å². The first-order valence-electron chi connectivity index (χ1n) is 8.31. The van der Waals surface area contributed by atoms with E-state index in [4.69, 9.17) is 4.52 Å². The maximum Gasteiger partial charge on any atom is 0.434 e. The van der Waals surface area contributed by atoms with Crippen LogP contribution in [0.25, 0.3) is 0 Å². The summed E-state index contributed by atoms with van der Waals surface area (Å²) in [6, 6.07) is 0. The van der Waals surface area contributed by atoms with Gasteiger partial charge in [-0.25, -0.2) is 4.98 Å². The summed E-state index contributed by atoms with van der Waals surface area (Å²) >= 11 is 1.00. The van der Waals surface area contributed by atoms with Gasteiger partial charge in [0, 0.05) is 43.9 Å². The van der Waals surface area contributed by atoms with E-state index in [2.05, 4.69) is 25.8 Å². The zero-order chi connectivity index (χ0) is 19.2. The molecule has 2 heterocycles. The third-order valence-electron chi connectivity index (χ3n) is 3.74. The van der Waals surface area contributed by atoms with Crippen molar-refractivity contribution in [1.29, 1.82) is 0 Å². The number of rotatable bonds is 7. The molecule has 2 rings (SSSR count). The van der Waals surface area contributed by atoms with Gasteiger partial charge in [-0.1, -0.05) is 19.0 Å². The number of hydrogen-bond acceptors (Lipinski definition) is 5. The van der Waals surface area contributed by atoms with Crippen LogP contribution in [0.15, 0.2) is 14.9 Å². The van der Waals surface area contributed by atoms with Crippen LogP contribution in [0.4, 0.5) is 13.2 Å². The largest absolute Gasteiger partial charge is 0.434 e. The van der Waals surface area contributed by atoms with Crippen LogP contribution >= 0.6 is 11.3 Å². The molecule has 2 aromatic heterocycles. The molecule has 0 radical (unpaired) electrons.